The summed E-state index contributed by atoms with van der Waals surface area (Å²) in [6, 6.07) is 6.00. The highest BCUT2D eigenvalue weighted by atomic mass is 19.1. The summed E-state index contributed by atoms with van der Waals surface area (Å²) in [7, 11) is 0. The summed E-state index contributed by atoms with van der Waals surface area (Å²) in [5.41, 5.74) is -0.419. The van der Waals surface area contributed by atoms with Gasteiger partial charge in [0.25, 0.3) is 0 Å². The van der Waals surface area contributed by atoms with Crippen molar-refractivity contribution in [3.8, 4) is 6.07 Å². The number of nitrogens with zero attached hydrogens (tertiary/aromatic N) is 1. The van der Waals surface area contributed by atoms with E-state index in [2.05, 4.69) is 26.1 Å². The number of fused-ring (bicyclic) bond motifs is 3. The highest BCUT2D eigenvalue weighted by molar-refractivity contribution is 5.86. The zero-order chi connectivity index (χ0) is 23.8. The average molecular weight is 457 g/mol. The number of carbonyl (C=O) groups is 1. The fraction of sp³-hybridized carbons (Fsp3) is 0.714. The van der Waals surface area contributed by atoms with Crippen LogP contribution in [-0.4, -0.2) is 18.0 Å². The van der Waals surface area contributed by atoms with Crippen molar-refractivity contribution < 1.29 is 13.6 Å². The topological polar surface area (TPSA) is 52.9 Å². The number of alkyl halides is 1. The third kappa shape index (κ3) is 4.08. The van der Waals surface area contributed by atoms with Gasteiger partial charge in [0.2, 0.25) is 0 Å². The maximum absolute atomic E-state index is 16.5. The Morgan fingerprint density at radius 1 is 1.18 bits per heavy atom. The van der Waals surface area contributed by atoms with Gasteiger partial charge in [-0.1, -0.05) is 33.6 Å². The molecule has 180 valence electrons. The van der Waals surface area contributed by atoms with Crippen molar-refractivity contribution in [2.45, 2.75) is 84.2 Å². The number of carbonyl (C=O) groups excluding carboxylic acids is 1. The van der Waals surface area contributed by atoms with E-state index in [-0.39, 0.29) is 41.1 Å². The molecule has 1 N–H and O–H groups in total. The van der Waals surface area contributed by atoms with Crippen LogP contribution >= 0.6 is 0 Å². The Kier molecular flexibility index (Phi) is 6.85. The molecular weight excluding hydrogens is 418 g/mol. The number of anilines is 1. The van der Waals surface area contributed by atoms with E-state index in [4.69, 9.17) is 0 Å². The lowest BCUT2D eigenvalue weighted by Gasteiger charge is -2.57. The van der Waals surface area contributed by atoms with Gasteiger partial charge in [-0.15, -0.1) is 0 Å². The van der Waals surface area contributed by atoms with Crippen LogP contribution in [0.2, 0.25) is 0 Å². The van der Waals surface area contributed by atoms with Gasteiger partial charge in [0.15, 0.2) is 5.78 Å². The van der Waals surface area contributed by atoms with Gasteiger partial charge in [0.05, 0.1) is 17.8 Å². The molecule has 3 aliphatic carbocycles. The van der Waals surface area contributed by atoms with E-state index in [0.29, 0.717) is 23.9 Å². The van der Waals surface area contributed by atoms with E-state index in [1.165, 1.54) is 18.2 Å². The van der Waals surface area contributed by atoms with Crippen molar-refractivity contribution >= 4 is 11.5 Å². The second-order valence-electron chi connectivity index (χ2n) is 11.0. The molecule has 0 radical (unpaired) electrons. The van der Waals surface area contributed by atoms with Crippen LogP contribution < -0.4 is 5.32 Å². The Balaban J connectivity index is 1.48. The molecule has 0 saturated heterocycles. The fourth-order valence-electron chi connectivity index (χ4n) is 8.14. The predicted molar refractivity (Wildman–Crippen MR) is 127 cm³/mol. The smallest absolute Gasteiger partial charge is 0.155 e. The molecule has 7 atom stereocenters. The number of benzene rings is 1. The van der Waals surface area contributed by atoms with Crippen LogP contribution in [0.25, 0.3) is 0 Å². The van der Waals surface area contributed by atoms with Crippen molar-refractivity contribution in [1.82, 2.24) is 0 Å². The van der Waals surface area contributed by atoms with Crippen LogP contribution in [0.1, 0.15) is 84.1 Å². The number of hydrogen-bond donors (Lipinski definition) is 1. The van der Waals surface area contributed by atoms with Gasteiger partial charge >= 0.3 is 0 Å². The third-order valence-corrected chi connectivity index (χ3v) is 9.65. The van der Waals surface area contributed by atoms with Crippen molar-refractivity contribution in [1.29, 1.82) is 5.26 Å². The summed E-state index contributed by atoms with van der Waals surface area (Å²) in [5, 5.41) is 12.4. The number of ketones is 1. The molecule has 1 aromatic rings. The number of rotatable bonds is 7. The molecule has 0 aromatic heterocycles. The van der Waals surface area contributed by atoms with Gasteiger partial charge in [-0.3, -0.25) is 4.79 Å². The SMILES string of the molecule is CCCC1(F)C(CC)CCC2C3CCC(C(=O)CNc4ccc(F)cc4C#N)C3(C)CCC21. The minimum atomic E-state index is -1.05. The van der Waals surface area contributed by atoms with Crippen molar-refractivity contribution in [3.05, 3.63) is 29.6 Å². The zero-order valence-electron chi connectivity index (χ0n) is 20.3. The molecule has 7 unspecified atom stereocenters. The first-order valence-corrected chi connectivity index (χ1v) is 12.9. The molecule has 0 aliphatic heterocycles. The van der Waals surface area contributed by atoms with Crippen LogP contribution in [0.5, 0.6) is 0 Å². The molecule has 0 spiro atoms. The molecule has 0 amide bonds. The van der Waals surface area contributed by atoms with Crippen LogP contribution in [0, 0.1) is 52.2 Å². The van der Waals surface area contributed by atoms with Crippen molar-refractivity contribution in [2.24, 2.45) is 35.0 Å². The highest BCUT2D eigenvalue weighted by Gasteiger charge is 2.61. The van der Waals surface area contributed by atoms with Gasteiger partial charge in [0, 0.05) is 5.92 Å². The van der Waals surface area contributed by atoms with Gasteiger partial charge in [-0.2, -0.15) is 5.26 Å². The first-order chi connectivity index (χ1) is 15.8. The largest absolute Gasteiger partial charge is 0.377 e. The maximum Gasteiger partial charge on any atom is 0.155 e. The van der Waals surface area contributed by atoms with Crippen LogP contribution in [0.3, 0.4) is 0 Å². The molecule has 3 nitrogen and oxygen atoms in total. The number of halogens is 2. The van der Waals surface area contributed by atoms with Crippen molar-refractivity contribution in [2.75, 3.05) is 11.9 Å². The lowest BCUT2D eigenvalue weighted by molar-refractivity contribution is -0.137. The number of nitrogens with one attached hydrogen (secondary N) is 1. The first kappa shape index (κ1) is 24.2. The second kappa shape index (κ2) is 9.35. The first-order valence-electron chi connectivity index (χ1n) is 12.9. The molecule has 3 fully saturated rings. The van der Waals surface area contributed by atoms with Gasteiger partial charge in [-0.05, 0) is 92.2 Å². The molecule has 5 heteroatoms. The molecule has 4 rings (SSSR count). The lowest BCUT2D eigenvalue weighted by atomic mass is 9.49. The lowest BCUT2D eigenvalue weighted by Crippen LogP contribution is -2.55. The molecule has 1 aromatic carbocycles. The van der Waals surface area contributed by atoms with Crippen LogP contribution in [-0.2, 0) is 4.79 Å². The predicted octanol–water partition coefficient (Wildman–Crippen LogP) is 7.07. The van der Waals surface area contributed by atoms with E-state index < -0.39 is 11.5 Å². The van der Waals surface area contributed by atoms with E-state index >= 15 is 4.39 Å². The average Bonchev–Trinajstić information content (AvgIpc) is 3.15. The summed E-state index contributed by atoms with van der Waals surface area (Å²) in [6.45, 7) is 6.65. The second-order valence-corrected chi connectivity index (χ2v) is 11.0. The quantitative estimate of drug-likeness (QED) is 0.477. The van der Waals surface area contributed by atoms with E-state index in [9.17, 15) is 14.4 Å². The highest BCUT2D eigenvalue weighted by Crippen LogP contribution is 2.65. The Morgan fingerprint density at radius 3 is 2.67 bits per heavy atom. The fourth-order valence-corrected chi connectivity index (χ4v) is 8.14. The van der Waals surface area contributed by atoms with E-state index in [1.54, 1.807) is 0 Å². The molecule has 33 heavy (non-hydrogen) atoms. The monoisotopic (exact) mass is 456 g/mol. The molecule has 3 aliphatic rings. The number of Topliss-reactive ketones (excluding diaryl/α,β-unsaturated/α-hetero) is 1. The molecule has 0 heterocycles. The minimum Gasteiger partial charge on any atom is -0.377 e. The Hall–Kier alpha value is -1.96. The maximum atomic E-state index is 16.5. The van der Waals surface area contributed by atoms with Crippen molar-refractivity contribution in [3.63, 3.8) is 0 Å². The minimum absolute atomic E-state index is 0.0361. The number of hydrogen-bond acceptors (Lipinski definition) is 3. The Bertz CT molecular complexity index is 927. The van der Waals surface area contributed by atoms with Crippen LogP contribution in [0.15, 0.2) is 18.2 Å². The number of nitriles is 1. The molecular formula is C28H38F2N2O. The molecule has 0 bridgehead atoms. The van der Waals surface area contributed by atoms with Crippen LogP contribution in [0.4, 0.5) is 14.5 Å². The van der Waals surface area contributed by atoms with E-state index in [1.807, 2.05) is 6.07 Å². The summed E-state index contributed by atoms with van der Waals surface area (Å²) >= 11 is 0. The summed E-state index contributed by atoms with van der Waals surface area (Å²) in [4.78, 5) is 13.3. The Labute approximate surface area is 197 Å². The normalized spacial score (nSPS) is 37.6. The van der Waals surface area contributed by atoms with Gasteiger partial charge < -0.3 is 5.32 Å². The third-order valence-electron chi connectivity index (χ3n) is 9.65. The Morgan fingerprint density at radius 2 is 1.97 bits per heavy atom. The summed E-state index contributed by atoms with van der Waals surface area (Å²) in [6.07, 6.45) is 8.22. The molecule has 3 saturated carbocycles. The standard InChI is InChI=1S/C28H38F2N2O/c1-4-13-28(30)19(5-2)6-8-21-22-9-10-24(27(22,3)14-12-23(21)28)26(33)17-32-25-11-7-20(29)15-18(25)16-31/h7,11,15,19,21-24,32H,4-6,8-10,12-14,17H2,1-3H3. The van der Waals surface area contributed by atoms with Gasteiger partial charge in [0.1, 0.15) is 17.6 Å². The summed E-state index contributed by atoms with van der Waals surface area (Å²) in [5.74, 6) is 0.775. The van der Waals surface area contributed by atoms with Gasteiger partial charge in [-0.25, -0.2) is 8.78 Å². The zero-order valence-corrected chi connectivity index (χ0v) is 20.3. The van der Waals surface area contributed by atoms with E-state index in [0.717, 1.165) is 51.4 Å². The summed E-state index contributed by atoms with van der Waals surface area (Å²) < 4.78 is 29.9.